The van der Waals surface area contributed by atoms with Crippen molar-refractivity contribution in [3.63, 3.8) is 0 Å². The maximum Gasteiger partial charge on any atom is 0.315 e. The molecule has 0 saturated carbocycles. The number of methoxy groups -OCH3 is 1. The molecule has 3 atom stereocenters. The van der Waals surface area contributed by atoms with Gasteiger partial charge in [0.25, 0.3) is 0 Å². The summed E-state index contributed by atoms with van der Waals surface area (Å²) in [4.78, 5) is 31.6. The number of hydrogen-bond donors (Lipinski definition) is 0. The lowest BCUT2D eigenvalue weighted by Gasteiger charge is -2.36. The molecule has 1 heterocycles. The molecule has 0 radical (unpaired) electrons. The lowest BCUT2D eigenvalue weighted by Crippen LogP contribution is -2.38. The van der Waals surface area contributed by atoms with Crippen molar-refractivity contribution >= 4 is 17.5 Å². The summed E-state index contributed by atoms with van der Waals surface area (Å²) in [7, 11) is 1.38. The highest BCUT2D eigenvalue weighted by molar-refractivity contribution is 6.09. The standard InChI is InChI=1S/C31H29NO4/c1-20-28(31(34)35-2)29(24-15-9-10-16-27(24)36-19-21-11-5-3-6-12-21)30-25(32-20)17-23(18-26(30)33)22-13-7-4-8-14-22/h3-16,23,28-29H,17-19H2,1-2H3/t23-,28?,29-/m0/s1. The molecule has 0 spiro atoms. The lowest BCUT2D eigenvalue weighted by atomic mass is 9.69. The number of aliphatic imine (C=N–C) groups is 1. The van der Waals surface area contributed by atoms with E-state index in [4.69, 9.17) is 14.5 Å². The minimum Gasteiger partial charge on any atom is -0.489 e. The summed E-state index contributed by atoms with van der Waals surface area (Å²) in [6, 6.07) is 27.7. The van der Waals surface area contributed by atoms with Crippen LogP contribution in [0, 0.1) is 5.92 Å². The summed E-state index contributed by atoms with van der Waals surface area (Å²) in [5.41, 5.74) is 5.00. The van der Waals surface area contributed by atoms with Crippen molar-refractivity contribution in [2.75, 3.05) is 7.11 Å². The van der Waals surface area contributed by atoms with Crippen LogP contribution in [0.2, 0.25) is 0 Å². The largest absolute Gasteiger partial charge is 0.489 e. The molecule has 5 nitrogen and oxygen atoms in total. The Labute approximate surface area is 211 Å². The second-order valence-corrected chi connectivity index (χ2v) is 9.34. The number of hydrogen-bond acceptors (Lipinski definition) is 5. The first-order valence-corrected chi connectivity index (χ1v) is 12.3. The second kappa shape index (κ2) is 10.3. The number of ketones is 1. The number of ether oxygens (including phenoxy) is 2. The van der Waals surface area contributed by atoms with Crippen LogP contribution in [0.15, 0.2) is 101 Å². The predicted molar refractivity (Wildman–Crippen MR) is 139 cm³/mol. The fraction of sp³-hybridized carbons (Fsp3) is 0.258. The van der Waals surface area contributed by atoms with Crippen LogP contribution in [0.25, 0.3) is 0 Å². The highest BCUT2D eigenvalue weighted by atomic mass is 16.5. The molecule has 0 fully saturated rings. The molecule has 0 N–H and O–H groups in total. The Morgan fingerprint density at radius 3 is 2.31 bits per heavy atom. The number of allylic oxidation sites excluding steroid dienone is 2. The number of esters is 1. The average Bonchev–Trinajstić information content (AvgIpc) is 2.92. The Morgan fingerprint density at radius 1 is 0.917 bits per heavy atom. The number of Topliss-reactive ketones (excluding diaryl/α,β-unsaturated/α-hetero) is 1. The molecule has 36 heavy (non-hydrogen) atoms. The first-order chi connectivity index (χ1) is 17.6. The quantitative estimate of drug-likeness (QED) is 0.406. The molecule has 3 aromatic carbocycles. The SMILES string of the molecule is COC(=O)C1C(C)=NC2=C(C(=O)C[C@@H](c3ccccc3)C2)[C@H]1c1ccccc1OCc1ccccc1. The van der Waals surface area contributed by atoms with E-state index in [1.165, 1.54) is 7.11 Å². The monoisotopic (exact) mass is 479 g/mol. The third-order valence-corrected chi connectivity index (χ3v) is 7.11. The number of carbonyl (C=O) groups is 2. The third kappa shape index (κ3) is 4.61. The fourth-order valence-corrected chi connectivity index (χ4v) is 5.39. The zero-order valence-corrected chi connectivity index (χ0v) is 20.5. The smallest absolute Gasteiger partial charge is 0.315 e. The minimum atomic E-state index is -0.688. The summed E-state index contributed by atoms with van der Waals surface area (Å²) in [6.45, 7) is 2.23. The number of nitrogens with zero attached hydrogens (tertiary/aromatic N) is 1. The van der Waals surface area contributed by atoms with Gasteiger partial charge in [0.15, 0.2) is 5.78 Å². The highest BCUT2D eigenvalue weighted by Gasteiger charge is 2.45. The van der Waals surface area contributed by atoms with Gasteiger partial charge in [-0.15, -0.1) is 0 Å². The van der Waals surface area contributed by atoms with E-state index in [2.05, 4.69) is 12.1 Å². The molecule has 0 bridgehead atoms. The van der Waals surface area contributed by atoms with Crippen LogP contribution in [0.1, 0.15) is 48.3 Å². The number of carbonyl (C=O) groups excluding carboxylic acids is 2. The van der Waals surface area contributed by atoms with E-state index in [-0.39, 0.29) is 11.7 Å². The Kier molecular flexibility index (Phi) is 6.81. The van der Waals surface area contributed by atoms with Gasteiger partial charge in [0, 0.05) is 34.9 Å². The summed E-state index contributed by atoms with van der Waals surface area (Å²) in [5.74, 6) is -0.857. The Morgan fingerprint density at radius 2 is 1.58 bits per heavy atom. The molecular formula is C31H29NO4. The highest BCUT2D eigenvalue weighted by Crippen LogP contribution is 2.48. The molecule has 0 amide bonds. The molecule has 1 aliphatic heterocycles. The molecule has 182 valence electrons. The Balaban J connectivity index is 1.57. The summed E-state index contributed by atoms with van der Waals surface area (Å²) >= 11 is 0. The van der Waals surface area contributed by atoms with Gasteiger partial charge in [-0.2, -0.15) is 0 Å². The lowest BCUT2D eigenvalue weighted by molar-refractivity contribution is -0.143. The normalized spacial score (nSPS) is 21.4. The van der Waals surface area contributed by atoms with Crippen molar-refractivity contribution in [1.82, 2.24) is 0 Å². The third-order valence-electron chi connectivity index (χ3n) is 7.11. The van der Waals surface area contributed by atoms with E-state index in [0.29, 0.717) is 36.5 Å². The molecule has 3 aromatic rings. The molecule has 1 aliphatic carbocycles. The van der Waals surface area contributed by atoms with Crippen molar-refractivity contribution in [1.29, 1.82) is 0 Å². The molecule has 0 saturated heterocycles. The zero-order valence-electron chi connectivity index (χ0n) is 20.5. The Bertz CT molecular complexity index is 1330. The van der Waals surface area contributed by atoms with Crippen molar-refractivity contribution in [3.8, 4) is 5.75 Å². The maximum atomic E-state index is 13.7. The van der Waals surface area contributed by atoms with Crippen LogP contribution < -0.4 is 4.74 Å². The predicted octanol–water partition coefficient (Wildman–Crippen LogP) is 6.01. The van der Waals surface area contributed by atoms with Crippen LogP contribution >= 0.6 is 0 Å². The van der Waals surface area contributed by atoms with Crippen LogP contribution in [-0.2, 0) is 20.9 Å². The second-order valence-electron chi connectivity index (χ2n) is 9.34. The van der Waals surface area contributed by atoms with Crippen molar-refractivity contribution in [2.45, 2.75) is 38.2 Å². The Hall–Kier alpha value is -3.99. The van der Waals surface area contributed by atoms with E-state index in [9.17, 15) is 9.59 Å². The summed E-state index contributed by atoms with van der Waals surface area (Å²) in [5, 5.41) is 0. The van der Waals surface area contributed by atoms with Gasteiger partial charge in [0.2, 0.25) is 0 Å². The van der Waals surface area contributed by atoms with E-state index >= 15 is 0 Å². The van der Waals surface area contributed by atoms with Gasteiger partial charge in [-0.25, -0.2) is 0 Å². The number of para-hydroxylation sites is 1. The van der Waals surface area contributed by atoms with Gasteiger partial charge in [-0.1, -0.05) is 78.9 Å². The first kappa shape index (κ1) is 23.7. The van der Waals surface area contributed by atoms with Crippen LogP contribution in [0.3, 0.4) is 0 Å². The van der Waals surface area contributed by atoms with Crippen molar-refractivity contribution < 1.29 is 19.1 Å². The van der Waals surface area contributed by atoms with E-state index in [1.807, 2.05) is 79.7 Å². The summed E-state index contributed by atoms with van der Waals surface area (Å²) < 4.78 is 11.4. The first-order valence-electron chi connectivity index (χ1n) is 12.3. The number of rotatable bonds is 6. The zero-order chi connectivity index (χ0) is 25.1. The molecular weight excluding hydrogens is 450 g/mol. The summed E-state index contributed by atoms with van der Waals surface area (Å²) in [6.07, 6.45) is 1.04. The molecule has 5 heteroatoms. The van der Waals surface area contributed by atoms with Crippen molar-refractivity contribution in [2.24, 2.45) is 10.9 Å². The van der Waals surface area contributed by atoms with Gasteiger partial charge in [-0.3, -0.25) is 14.6 Å². The fourth-order valence-electron chi connectivity index (χ4n) is 5.39. The maximum absolute atomic E-state index is 13.7. The average molecular weight is 480 g/mol. The van der Waals surface area contributed by atoms with E-state index in [0.717, 1.165) is 22.4 Å². The minimum absolute atomic E-state index is 0.0260. The van der Waals surface area contributed by atoms with Gasteiger partial charge < -0.3 is 9.47 Å². The molecule has 0 aromatic heterocycles. The number of benzene rings is 3. The van der Waals surface area contributed by atoms with Crippen LogP contribution in [0.4, 0.5) is 0 Å². The van der Waals surface area contributed by atoms with Crippen LogP contribution in [-0.4, -0.2) is 24.6 Å². The van der Waals surface area contributed by atoms with E-state index in [1.54, 1.807) is 0 Å². The van der Waals surface area contributed by atoms with E-state index < -0.39 is 17.8 Å². The topological polar surface area (TPSA) is 65.0 Å². The molecule has 1 unspecified atom stereocenters. The van der Waals surface area contributed by atoms with Gasteiger partial charge in [-0.05, 0) is 36.5 Å². The molecule has 5 rings (SSSR count). The van der Waals surface area contributed by atoms with Gasteiger partial charge in [0.05, 0.1) is 7.11 Å². The van der Waals surface area contributed by atoms with Crippen LogP contribution in [0.5, 0.6) is 5.75 Å². The van der Waals surface area contributed by atoms with Gasteiger partial charge in [0.1, 0.15) is 18.3 Å². The van der Waals surface area contributed by atoms with Crippen molar-refractivity contribution in [3.05, 3.63) is 113 Å². The molecule has 2 aliphatic rings. The van der Waals surface area contributed by atoms with Gasteiger partial charge >= 0.3 is 5.97 Å².